The predicted molar refractivity (Wildman–Crippen MR) is 87.4 cm³/mol. The van der Waals surface area contributed by atoms with Gasteiger partial charge in [0.1, 0.15) is 11.9 Å². The lowest BCUT2D eigenvalue weighted by Gasteiger charge is -2.12. The van der Waals surface area contributed by atoms with Gasteiger partial charge in [0.25, 0.3) is 0 Å². The molecule has 25 heavy (non-hydrogen) atoms. The SMILES string of the molecule is COCC(N)C(=O)Nc1ccc(Nc2ccc(C(F)(F)F)cn2)cc1. The molecule has 1 atom stereocenters. The van der Waals surface area contributed by atoms with Crippen LogP contribution in [0.2, 0.25) is 0 Å². The topological polar surface area (TPSA) is 89.3 Å². The minimum absolute atomic E-state index is 0.102. The van der Waals surface area contributed by atoms with Gasteiger partial charge in [0.2, 0.25) is 5.91 Å². The molecule has 6 nitrogen and oxygen atoms in total. The summed E-state index contributed by atoms with van der Waals surface area (Å²) in [6, 6.07) is 7.96. The van der Waals surface area contributed by atoms with Crippen molar-refractivity contribution in [3.05, 3.63) is 48.2 Å². The number of pyridine rings is 1. The number of nitrogens with two attached hydrogens (primary N) is 1. The highest BCUT2D eigenvalue weighted by molar-refractivity contribution is 5.94. The second-order valence-electron chi connectivity index (χ2n) is 5.18. The molecule has 4 N–H and O–H groups in total. The van der Waals surface area contributed by atoms with Crippen LogP contribution in [-0.4, -0.2) is 30.6 Å². The van der Waals surface area contributed by atoms with Crippen molar-refractivity contribution in [2.24, 2.45) is 5.73 Å². The Morgan fingerprint density at radius 2 is 1.84 bits per heavy atom. The fourth-order valence-electron chi connectivity index (χ4n) is 1.91. The van der Waals surface area contributed by atoms with E-state index in [4.69, 9.17) is 10.5 Å². The van der Waals surface area contributed by atoms with Crippen molar-refractivity contribution in [1.29, 1.82) is 0 Å². The molecule has 2 aromatic rings. The molecule has 0 radical (unpaired) electrons. The van der Waals surface area contributed by atoms with E-state index < -0.39 is 17.8 Å². The number of hydrogen-bond donors (Lipinski definition) is 3. The Morgan fingerprint density at radius 3 is 2.36 bits per heavy atom. The van der Waals surface area contributed by atoms with Crippen LogP contribution in [0.25, 0.3) is 0 Å². The van der Waals surface area contributed by atoms with E-state index >= 15 is 0 Å². The normalized spacial score (nSPS) is 12.5. The van der Waals surface area contributed by atoms with Gasteiger partial charge in [0, 0.05) is 24.7 Å². The Hall–Kier alpha value is -2.65. The zero-order valence-electron chi connectivity index (χ0n) is 13.3. The highest BCUT2D eigenvalue weighted by Crippen LogP contribution is 2.29. The van der Waals surface area contributed by atoms with Crippen molar-refractivity contribution in [3.63, 3.8) is 0 Å². The molecule has 0 aliphatic carbocycles. The Labute approximate surface area is 142 Å². The van der Waals surface area contributed by atoms with E-state index in [0.717, 1.165) is 12.3 Å². The molecule has 1 aromatic carbocycles. The van der Waals surface area contributed by atoms with Crippen LogP contribution in [0.3, 0.4) is 0 Å². The van der Waals surface area contributed by atoms with Crippen LogP contribution in [0, 0.1) is 0 Å². The molecule has 0 fully saturated rings. The third kappa shape index (κ3) is 5.44. The van der Waals surface area contributed by atoms with Crippen LogP contribution in [0.5, 0.6) is 0 Å². The zero-order chi connectivity index (χ0) is 18.4. The van der Waals surface area contributed by atoms with Gasteiger partial charge < -0.3 is 21.1 Å². The van der Waals surface area contributed by atoms with Crippen molar-refractivity contribution in [3.8, 4) is 0 Å². The largest absolute Gasteiger partial charge is 0.417 e. The standard InChI is InChI=1S/C16H17F3N4O2/c1-25-9-13(20)15(24)23-12-5-3-11(4-6-12)22-14-7-2-10(8-21-14)16(17,18)19/h2-8,13H,9,20H2,1H3,(H,21,22)(H,23,24). The molecule has 134 valence electrons. The quantitative estimate of drug-likeness (QED) is 0.742. The number of nitrogens with zero attached hydrogens (tertiary/aromatic N) is 1. The number of carbonyl (C=O) groups excluding carboxylic acids is 1. The summed E-state index contributed by atoms with van der Waals surface area (Å²) >= 11 is 0. The lowest BCUT2D eigenvalue weighted by Crippen LogP contribution is -2.39. The van der Waals surface area contributed by atoms with E-state index in [1.165, 1.54) is 13.2 Å². The number of aromatic nitrogens is 1. The molecule has 9 heteroatoms. The van der Waals surface area contributed by atoms with Crippen LogP contribution in [0.4, 0.5) is 30.4 Å². The van der Waals surface area contributed by atoms with E-state index in [2.05, 4.69) is 15.6 Å². The molecule has 0 spiro atoms. The summed E-state index contributed by atoms with van der Waals surface area (Å²) in [7, 11) is 1.45. The molecule has 0 saturated heterocycles. The molecular formula is C16H17F3N4O2. The molecule has 1 heterocycles. The predicted octanol–water partition coefficient (Wildman–Crippen LogP) is 2.76. The van der Waals surface area contributed by atoms with Gasteiger partial charge in [-0.2, -0.15) is 13.2 Å². The molecule has 0 bridgehead atoms. The summed E-state index contributed by atoms with van der Waals surface area (Å²) in [5.74, 6) is -0.112. The van der Waals surface area contributed by atoms with Crippen LogP contribution in [0.1, 0.15) is 5.56 Å². The Bertz CT molecular complexity index is 703. The first-order valence-corrected chi connectivity index (χ1v) is 7.25. The van der Waals surface area contributed by atoms with E-state index in [9.17, 15) is 18.0 Å². The van der Waals surface area contributed by atoms with Gasteiger partial charge in [-0.15, -0.1) is 0 Å². The average molecular weight is 354 g/mol. The smallest absolute Gasteiger partial charge is 0.383 e. The summed E-state index contributed by atoms with van der Waals surface area (Å²) in [4.78, 5) is 15.5. The number of ether oxygens (including phenoxy) is 1. The number of hydrogen-bond acceptors (Lipinski definition) is 5. The number of alkyl halides is 3. The number of methoxy groups -OCH3 is 1. The number of amides is 1. The van der Waals surface area contributed by atoms with Crippen LogP contribution >= 0.6 is 0 Å². The Kier molecular flexibility index (Phi) is 5.94. The van der Waals surface area contributed by atoms with Crippen LogP contribution in [0.15, 0.2) is 42.6 Å². The Morgan fingerprint density at radius 1 is 1.20 bits per heavy atom. The third-order valence-corrected chi connectivity index (χ3v) is 3.20. The number of halogens is 3. The summed E-state index contributed by atoms with van der Waals surface area (Å²) in [5, 5.41) is 5.50. The lowest BCUT2D eigenvalue weighted by molar-refractivity contribution is -0.137. The number of benzene rings is 1. The molecule has 0 aliphatic heterocycles. The van der Waals surface area contributed by atoms with Gasteiger partial charge >= 0.3 is 6.18 Å². The first kappa shape index (κ1) is 18.7. The minimum atomic E-state index is -4.42. The molecule has 0 aliphatic rings. The molecule has 1 unspecified atom stereocenters. The molecule has 1 amide bonds. The summed E-state index contributed by atoms with van der Waals surface area (Å²) in [6.45, 7) is 0.102. The van der Waals surface area contributed by atoms with Crippen molar-refractivity contribution < 1.29 is 22.7 Å². The maximum absolute atomic E-state index is 12.5. The molecule has 2 rings (SSSR count). The van der Waals surface area contributed by atoms with Gasteiger partial charge in [-0.3, -0.25) is 4.79 Å². The van der Waals surface area contributed by atoms with E-state index in [0.29, 0.717) is 11.4 Å². The maximum Gasteiger partial charge on any atom is 0.417 e. The summed E-state index contributed by atoms with van der Waals surface area (Å²) < 4.78 is 42.3. The fraction of sp³-hybridized carbons (Fsp3) is 0.250. The van der Waals surface area contributed by atoms with E-state index in [-0.39, 0.29) is 18.3 Å². The van der Waals surface area contributed by atoms with E-state index in [1.54, 1.807) is 24.3 Å². The number of nitrogens with one attached hydrogen (secondary N) is 2. The van der Waals surface area contributed by atoms with Crippen molar-refractivity contribution in [1.82, 2.24) is 4.98 Å². The average Bonchev–Trinajstić information content (AvgIpc) is 2.56. The van der Waals surface area contributed by atoms with Crippen molar-refractivity contribution >= 4 is 23.1 Å². The van der Waals surface area contributed by atoms with Crippen LogP contribution in [-0.2, 0) is 15.7 Å². The molecule has 1 aromatic heterocycles. The third-order valence-electron chi connectivity index (χ3n) is 3.20. The molecule has 0 saturated carbocycles. The Balaban J connectivity index is 1.97. The second-order valence-corrected chi connectivity index (χ2v) is 5.18. The molecular weight excluding hydrogens is 337 g/mol. The van der Waals surface area contributed by atoms with Crippen molar-refractivity contribution in [2.75, 3.05) is 24.4 Å². The zero-order valence-corrected chi connectivity index (χ0v) is 13.3. The lowest BCUT2D eigenvalue weighted by atomic mass is 10.2. The first-order chi connectivity index (χ1) is 11.8. The first-order valence-electron chi connectivity index (χ1n) is 7.25. The van der Waals surface area contributed by atoms with Gasteiger partial charge in [0.15, 0.2) is 0 Å². The van der Waals surface area contributed by atoms with Gasteiger partial charge in [-0.1, -0.05) is 0 Å². The van der Waals surface area contributed by atoms with E-state index in [1.807, 2.05) is 0 Å². The van der Waals surface area contributed by atoms with Gasteiger partial charge in [-0.25, -0.2) is 4.98 Å². The fourth-order valence-corrected chi connectivity index (χ4v) is 1.91. The second kappa shape index (κ2) is 7.95. The number of anilines is 3. The number of carbonyl (C=O) groups is 1. The summed E-state index contributed by atoms with van der Waals surface area (Å²) in [5.41, 5.74) is 5.93. The number of rotatable bonds is 6. The highest BCUT2D eigenvalue weighted by atomic mass is 19.4. The minimum Gasteiger partial charge on any atom is -0.383 e. The summed E-state index contributed by atoms with van der Waals surface area (Å²) in [6.07, 6.45) is -3.66. The van der Waals surface area contributed by atoms with Crippen molar-refractivity contribution in [2.45, 2.75) is 12.2 Å². The van der Waals surface area contributed by atoms with Crippen LogP contribution < -0.4 is 16.4 Å². The monoisotopic (exact) mass is 354 g/mol. The highest BCUT2D eigenvalue weighted by Gasteiger charge is 2.30. The van der Waals surface area contributed by atoms with Gasteiger partial charge in [-0.05, 0) is 36.4 Å². The maximum atomic E-state index is 12.5. The van der Waals surface area contributed by atoms with Gasteiger partial charge in [0.05, 0.1) is 12.2 Å².